The van der Waals surface area contributed by atoms with Gasteiger partial charge >= 0.3 is 0 Å². The fourth-order valence-corrected chi connectivity index (χ4v) is 4.16. The summed E-state index contributed by atoms with van der Waals surface area (Å²) in [5, 5.41) is 15.5. The predicted molar refractivity (Wildman–Crippen MR) is 133 cm³/mol. The molecule has 9 heteroatoms. The number of para-hydroxylation sites is 1. The summed E-state index contributed by atoms with van der Waals surface area (Å²) in [7, 11) is 0. The van der Waals surface area contributed by atoms with Crippen molar-refractivity contribution < 1.29 is 9.59 Å². The molecule has 1 atom stereocenters. The molecule has 1 aromatic heterocycles. The van der Waals surface area contributed by atoms with Crippen LogP contribution in [0.25, 0.3) is 0 Å². The van der Waals surface area contributed by atoms with E-state index in [1.54, 1.807) is 30.3 Å². The highest BCUT2D eigenvalue weighted by Crippen LogP contribution is 2.26. The minimum absolute atomic E-state index is 0.0310. The molecule has 0 bridgehead atoms. The zero-order valence-corrected chi connectivity index (χ0v) is 20.1. The number of thioether (sulfide) groups is 1. The lowest BCUT2D eigenvalue weighted by atomic mass is 10.0. The molecule has 0 aliphatic carbocycles. The molecule has 0 fully saturated rings. The summed E-state index contributed by atoms with van der Waals surface area (Å²) in [5.41, 5.74) is 1.13. The van der Waals surface area contributed by atoms with Gasteiger partial charge in [0, 0.05) is 12.2 Å². The van der Waals surface area contributed by atoms with Crippen molar-refractivity contribution in [2.45, 2.75) is 31.6 Å². The van der Waals surface area contributed by atoms with Crippen molar-refractivity contribution in [3.63, 3.8) is 0 Å². The Bertz CT molecular complexity index is 1120. The lowest BCUT2D eigenvalue weighted by Gasteiger charge is -2.23. The van der Waals surface area contributed by atoms with Gasteiger partial charge in [0.05, 0.1) is 22.4 Å². The Morgan fingerprint density at radius 3 is 2.48 bits per heavy atom. The van der Waals surface area contributed by atoms with E-state index < -0.39 is 6.04 Å². The average molecular weight is 484 g/mol. The number of nitrogens with zero attached hydrogens (tertiary/aromatic N) is 3. The van der Waals surface area contributed by atoms with Crippen molar-refractivity contribution >= 4 is 40.9 Å². The summed E-state index contributed by atoms with van der Waals surface area (Å²) in [4.78, 5) is 25.2. The monoisotopic (exact) mass is 483 g/mol. The SMILES string of the molecule is C=CCn1c(SCC(=O)Nc2ccccc2)nnc1[C@@H](NC(=O)c1ccccc1Cl)C(C)C. The van der Waals surface area contributed by atoms with Crippen LogP contribution in [0.3, 0.4) is 0 Å². The number of hydrogen-bond donors (Lipinski definition) is 2. The van der Waals surface area contributed by atoms with Crippen LogP contribution in [0.2, 0.25) is 5.02 Å². The second kappa shape index (κ2) is 11.7. The highest BCUT2D eigenvalue weighted by Gasteiger charge is 2.27. The number of hydrogen-bond acceptors (Lipinski definition) is 5. The maximum absolute atomic E-state index is 12.9. The van der Waals surface area contributed by atoms with Gasteiger partial charge < -0.3 is 15.2 Å². The van der Waals surface area contributed by atoms with Gasteiger partial charge in [-0.25, -0.2) is 0 Å². The number of amides is 2. The molecule has 0 aliphatic rings. The fraction of sp³-hybridized carbons (Fsp3) is 0.250. The molecule has 3 aromatic rings. The van der Waals surface area contributed by atoms with E-state index in [0.29, 0.717) is 28.1 Å². The van der Waals surface area contributed by atoms with Crippen molar-refractivity contribution in [3.05, 3.63) is 83.7 Å². The van der Waals surface area contributed by atoms with Crippen LogP contribution in [0.1, 0.15) is 36.1 Å². The normalized spacial score (nSPS) is 11.8. The number of anilines is 1. The number of halogens is 1. The molecular formula is C24H26ClN5O2S. The number of allylic oxidation sites excluding steroid dienone is 1. The molecule has 0 aliphatic heterocycles. The van der Waals surface area contributed by atoms with Crippen LogP contribution >= 0.6 is 23.4 Å². The average Bonchev–Trinajstić information content (AvgIpc) is 3.19. The lowest BCUT2D eigenvalue weighted by Crippen LogP contribution is -2.34. The molecule has 0 saturated heterocycles. The van der Waals surface area contributed by atoms with Crippen molar-refractivity contribution in [2.75, 3.05) is 11.1 Å². The van der Waals surface area contributed by atoms with Gasteiger partial charge in [0.15, 0.2) is 11.0 Å². The van der Waals surface area contributed by atoms with Gasteiger partial charge in [0.2, 0.25) is 5.91 Å². The third-order valence-corrected chi connectivity index (χ3v) is 6.09. The Kier molecular flexibility index (Phi) is 8.68. The van der Waals surface area contributed by atoms with Gasteiger partial charge in [-0.05, 0) is 30.2 Å². The second-order valence-corrected chi connectivity index (χ2v) is 8.97. The van der Waals surface area contributed by atoms with Crippen LogP contribution in [0, 0.1) is 5.92 Å². The Labute approximate surface area is 202 Å². The molecule has 3 rings (SSSR count). The van der Waals surface area contributed by atoms with Gasteiger partial charge in [-0.3, -0.25) is 9.59 Å². The highest BCUT2D eigenvalue weighted by molar-refractivity contribution is 7.99. The number of nitrogens with one attached hydrogen (secondary N) is 2. The lowest BCUT2D eigenvalue weighted by molar-refractivity contribution is -0.113. The van der Waals surface area contributed by atoms with Crippen LogP contribution in [-0.4, -0.2) is 32.3 Å². The smallest absolute Gasteiger partial charge is 0.253 e. The molecule has 2 amide bonds. The van der Waals surface area contributed by atoms with E-state index in [1.807, 2.05) is 48.7 Å². The predicted octanol–water partition coefficient (Wildman–Crippen LogP) is 4.98. The topological polar surface area (TPSA) is 88.9 Å². The first-order valence-corrected chi connectivity index (χ1v) is 11.8. The van der Waals surface area contributed by atoms with Crippen molar-refractivity contribution in [3.8, 4) is 0 Å². The molecule has 0 radical (unpaired) electrons. The minimum atomic E-state index is -0.409. The van der Waals surface area contributed by atoms with Crippen molar-refractivity contribution in [1.29, 1.82) is 0 Å². The molecule has 0 spiro atoms. The highest BCUT2D eigenvalue weighted by atomic mass is 35.5. The standard InChI is InChI=1S/C24H26ClN5O2S/c1-4-14-30-22(21(16(2)3)27-23(32)18-12-8-9-13-19(18)25)28-29-24(30)33-15-20(31)26-17-10-6-5-7-11-17/h4-13,16,21H,1,14-15H2,2-3H3,(H,26,31)(H,27,32)/t21-/m0/s1. The molecule has 0 unspecified atom stereocenters. The number of aromatic nitrogens is 3. The number of carbonyl (C=O) groups is 2. The largest absolute Gasteiger partial charge is 0.342 e. The first-order valence-electron chi connectivity index (χ1n) is 10.5. The Balaban J connectivity index is 1.76. The summed E-state index contributed by atoms with van der Waals surface area (Å²) < 4.78 is 1.87. The molecule has 33 heavy (non-hydrogen) atoms. The number of carbonyl (C=O) groups excluding carboxylic acids is 2. The molecule has 172 valence electrons. The number of benzene rings is 2. The first kappa shape index (κ1) is 24.5. The van der Waals surface area contributed by atoms with Crippen LogP contribution in [0.5, 0.6) is 0 Å². The Morgan fingerprint density at radius 1 is 1.12 bits per heavy atom. The van der Waals surface area contributed by atoms with Crippen LogP contribution < -0.4 is 10.6 Å². The maximum atomic E-state index is 12.9. The summed E-state index contributed by atoms with van der Waals surface area (Å²) in [5.74, 6) is 0.361. The first-order chi connectivity index (χ1) is 15.9. The van der Waals surface area contributed by atoms with Crippen molar-refractivity contribution in [1.82, 2.24) is 20.1 Å². The molecule has 2 aromatic carbocycles. The van der Waals surface area contributed by atoms with Crippen LogP contribution in [-0.2, 0) is 11.3 Å². The van der Waals surface area contributed by atoms with Gasteiger partial charge in [-0.2, -0.15) is 0 Å². The molecule has 7 nitrogen and oxygen atoms in total. The second-order valence-electron chi connectivity index (χ2n) is 7.62. The molecule has 0 saturated carbocycles. The third-order valence-electron chi connectivity index (χ3n) is 4.80. The van der Waals surface area contributed by atoms with E-state index in [0.717, 1.165) is 5.69 Å². The fourth-order valence-electron chi connectivity index (χ4n) is 3.18. The van der Waals surface area contributed by atoms with E-state index >= 15 is 0 Å². The molecular weight excluding hydrogens is 458 g/mol. The van der Waals surface area contributed by atoms with E-state index in [4.69, 9.17) is 11.6 Å². The van der Waals surface area contributed by atoms with E-state index in [9.17, 15) is 9.59 Å². The van der Waals surface area contributed by atoms with Gasteiger partial charge in [-0.1, -0.05) is 73.6 Å². The van der Waals surface area contributed by atoms with Gasteiger partial charge in [-0.15, -0.1) is 16.8 Å². The van der Waals surface area contributed by atoms with Crippen LogP contribution in [0.15, 0.2) is 72.4 Å². The zero-order chi connectivity index (χ0) is 23.8. The van der Waals surface area contributed by atoms with E-state index in [2.05, 4.69) is 27.4 Å². The zero-order valence-electron chi connectivity index (χ0n) is 18.5. The Hall–Kier alpha value is -3.10. The van der Waals surface area contributed by atoms with Gasteiger partial charge in [0.1, 0.15) is 0 Å². The summed E-state index contributed by atoms with van der Waals surface area (Å²) in [6, 6.07) is 15.8. The van der Waals surface area contributed by atoms with Crippen LogP contribution in [0.4, 0.5) is 5.69 Å². The van der Waals surface area contributed by atoms with E-state index in [1.165, 1.54) is 11.8 Å². The molecule has 1 heterocycles. The molecule has 2 N–H and O–H groups in total. The quantitative estimate of drug-likeness (QED) is 0.314. The maximum Gasteiger partial charge on any atom is 0.253 e. The minimum Gasteiger partial charge on any atom is -0.342 e. The Morgan fingerprint density at radius 2 is 1.82 bits per heavy atom. The van der Waals surface area contributed by atoms with E-state index in [-0.39, 0.29) is 23.5 Å². The summed E-state index contributed by atoms with van der Waals surface area (Å²) >= 11 is 7.47. The van der Waals surface area contributed by atoms with Crippen molar-refractivity contribution in [2.24, 2.45) is 5.92 Å². The summed E-state index contributed by atoms with van der Waals surface area (Å²) in [6.07, 6.45) is 1.73. The third kappa shape index (κ3) is 6.46. The summed E-state index contributed by atoms with van der Waals surface area (Å²) in [6.45, 7) is 8.25. The van der Waals surface area contributed by atoms with Gasteiger partial charge in [0.25, 0.3) is 5.91 Å². The number of rotatable bonds is 10.